The maximum atomic E-state index is 11.9. The Hall–Kier alpha value is -0.0400. The van der Waals surface area contributed by atoms with Crippen LogP contribution in [0.1, 0.15) is 78.6 Å². The zero-order valence-corrected chi connectivity index (χ0v) is 13.0. The van der Waals surface area contributed by atoms with Crippen molar-refractivity contribution in [1.82, 2.24) is 0 Å². The fraction of sp³-hybridized carbons (Fsp3) is 1.00. The Morgan fingerprint density at radius 3 is 1.84 bits per heavy atom. The summed E-state index contributed by atoms with van der Waals surface area (Å²) in [6, 6.07) is 0. The fourth-order valence-electron chi connectivity index (χ4n) is 6.95. The van der Waals surface area contributed by atoms with Gasteiger partial charge in [0.15, 0.2) is 0 Å². The highest BCUT2D eigenvalue weighted by Crippen LogP contribution is 2.76. The van der Waals surface area contributed by atoms with Gasteiger partial charge in [-0.1, -0.05) is 20.8 Å². The Kier molecular flexibility index (Phi) is 2.27. The minimum Gasteiger partial charge on any atom is -0.389 e. The second-order valence-electron chi connectivity index (χ2n) is 9.12. The zero-order valence-electron chi connectivity index (χ0n) is 13.0. The first-order chi connectivity index (χ1) is 8.85. The lowest BCUT2D eigenvalue weighted by Gasteiger charge is -2.61. The molecule has 0 aromatic rings. The Morgan fingerprint density at radius 2 is 1.42 bits per heavy atom. The summed E-state index contributed by atoms with van der Waals surface area (Å²) in [5.41, 5.74) is 0.417. The minimum atomic E-state index is -0.363. The van der Waals surface area contributed by atoms with E-state index in [2.05, 4.69) is 20.8 Å². The molecule has 5 rings (SSSR count). The van der Waals surface area contributed by atoms with Gasteiger partial charge in [0.25, 0.3) is 0 Å². The molecule has 1 heteroatoms. The second-order valence-corrected chi connectivity index (χ2v) is 9.12. The van der Waals surface area contributed by atoms with Crippen LogP contribution in [0.2, 0.25) is 0 Å². The Morgan fingerprint density at radius 1 is 0.842 bits per heavy atom. The van der Waals surface area contributed by atoms with Gasteiger partial charge in [0.1, 0.15) is 0 Å². The number of rotatable bonds is 1. The highest BCUT2D eigenvalue weighted by molar-refractivity contribution is 5.23. The van der Waals surface area contributed by atoms with Crippen LogP contribution in [0.3, 0.4) is 0 Å². The molecule has 3 unspecified atom stereocenters. The summed E-state index contributed by atoms with van der Waals surface area (Å²) in [5.74, 6) is 1.75. The van der Waals surface area contributed by atoms with Crippen molar-refractivity contribution in [3.05, 3.63) is 0 Å². The fourth-order valence-corrected chi connectivity index (χ4v) is 6.95. The van der Waals surface area contributed by atoms with Gasteiger partial charge in [-0.25, -0.2) is 0 Å². The molecule has 5 aliphatic carbocycles. The average molecular weight is 262 g/mol. The van der Waals surface area contributed by atoms with Crippen LogP contribution in [0.4, 0.5) is 0 Å². The molecule has 0 spiro atoms. The molecule has 1 N–H and O–H groups in total. The lowest BCUT2D eigenvalue weighted by atomic mass is 9.46. The zero-order chi connectivity index (χ0) is 13.5. The van der Waals surface area contributed by atoms with Gasteiger partial charge in [0.2, 0.25) is 0 Å². The standard InChI is InChI=1S/C18H30O/c1-15(2)14-7-8-16(15,3)18(19,12-14)17-9-4-13(5-10-17)6-11-17/h13-14,19H,4-12H2,1-3H3. The van der Waals surface area contributed by atoms with Crippen molar-refractivity contribution in [3.63, 3.8) is 0 Å². The first-order valence-corrected chi connectivity index (χ1v) is 8.57. The Balaban J connectivity index is 1.79. The van der Waals surface area contributed by atoms with Crippen LogP contribution in [0.15, 0.2) is 0 Å². The molecule has 0 saturated heterocycles. The van der Waals surface area contributed by atoms with Crippen molar-refractivity contribution < 1.29 is 5.11 Å². The lowest BCUT2D eigenvalue weighted by molar-refractivity contribution is -0.206. The molecule has 0 aromatic heterocycles. The summed E-state index contributed by atoms with van der Waals surface area (Å²) < 4.78 is 0. The predicted molar refractivity (Wildman–Crippen MR) is 77.8 cm³/mol. The molecule has 0 aliphatic heterocycles. The molecular formula is C18H30O. The molecule has 108 valence electrons. The average Bonchev–Trinajstić information content (AvgIpc) is 2.73. The van der Waals surface area contributed by atoms with Gasteiger partial charge < -0.3 is 5.11 Å². The van der Waals surface area contributed by atoms with Gasteiger partial charge >= 0.3 is 0 Å². The number of fused-ring (bicyclic) bond motifs is 5. The van der Waals surface area contributed by atoms with Gasteiger partial charge in [0, 0.05) is 5.41 Å². The Bertz CT molecular complexity index is 390. The van der Waals surface area contributed by atoms with E-state index in [1.54, 1.807) is 0 Å². The summed E-state index contributed by atoms with van der Waals surface area (Å²) in [4.78, 5) is 0. The molecule has 5 fully saturated rings. The van der Waals surface area contributed by atoms with Crippen LogP contribution in [0.5, 0.6) is 0 Å². The molecule has 0 amide bonds. The summed E-state index contributed by atoms with van der Waals surface area (Å²) >= 11 is 0. The van der Waals surface area contributed by atoms with Gasteiger partial charge in [-0.2, -0.15) is 0 Å². The monoisotopic (exact) mass is 262 g/mol. The van der Waals surface area contributed by atoms with Crippen LogP contribution in [-0.4, -0.2) is 10.7 Å². The smallest absolute Gasteiger partial charge is 0.0764 e. The normalized spacial score (nSPS) is 58.7. The molecule has 3 atom stereocenters. The largest absolute Gasteiger partial charge is 0.389 e. The highest BCUT2D eigenvalue weighted by atomic mass is 16.3. The van der Waals surface area contributed by atoms with Crippen LogP contribution in [0.25, 0.3) is 0 Å². The highest BCUT2D eigenvalue weighted by Gasteiger charge is 2.74. The molecule has 4 bridgehead atoms. The van der Waals surface area contributed by atoms with E-state index < -0.39 is 0 Å². The summed E-state index contributed by atoms with van der Waals surface area (Å²) in [6.07, 6.45) is 11.8. The Labute approximate surface area is 118 Å². The number of aliphatic hydroxyl groups is 1. The lowest BCUT2D eigenvalue weighted by Crippen LogP contribution is -2.61. The van der Waals surface area contributed by atoms with Crippen molar-refractivity contribution in [2.75, 3.05) is 0 Å². The summed E-state index contributed by atoms with van der Waals surface area (Å²) in [7, 11) is 0. The van der Waals surface area contributed by atoms with E-state index in [0.717, 1.165) is 18.3 Å². The maximum absolute atomic E-state index is 11.9. The van der Waals surface area contributed by atoms with Gasteiger partial charge in [-0.15, -0.1) is 0 Å². The SMILES string of the molecule is CC1(C)C2CCC1(C)C(O)(C13CCC(CC1)CC3)C2. The quantitative estimate of drug-likeness (QED) is 0.736. The number of hydrogen-bond acceptors (Lipinski definition) is 1. The van der Waals surface area contributed by atoms with Crippen molar-refractivity contribution >= 4 is 0 Å². The second kappa shape index (κ2) is 3.40. The third kappa shape index (κ3) is 1.19. The molecule has 19 heavy (non-hydrogen) atoms. The van der Waals surface area contributed by atoms with E-state index in [1.165, 1.54) is 51.4 Å². The topological polar surface area (TPSA) is 20.2 Å². The van der Waals surface area contributed by atoms with E-state index >= 15 is 0 Å². The predicted octanol–water partition coefficient (Wildman–Crippen LogP) is 4.53. The van der Waals surface area contributed by atoms with Gasteiger partial charge in [-0.05, 0) is 80.5 Å². The van der Waals surface area contributed by atoms with Crippen molar-refractivity contribution in [3.8, 4) is 0 Å². The molecule has 0 radical (unpaired) electrons. The molecule has 0 heterocycles. The van der Waals surface area contributed by atoms with Crippen LogP contribution >= 0.6 is 0 Å². The van der Waals surface area contributed by atoms with Crippen molar-refractivity contribution in [1.29, 1.82) is 0 Å². The van der Waals surface area contributed by atoms with E-state index in [1.807, 2.05) is 0 Å². The van der Waals surface area contributed by atoms with Gasteiger partial charge in [-0.3, -0.25) is 0 Å². The third-order valence-electron chi connectivity index (χ3n) is 8.86. The first kappa shape index (κ1) is 12.7. The maximum Gasteiger partial charge on any atom is 0.0764 e. The van der Waals surface area contributed by atoms with Crippen LogP contribution in [-0.2, 0) is 0 Å². The van der Waals surface area contributed by atoms with Crippen molar-refractivity contribution in [2.45, 2.75) is 84.2 Å². The van der Waals surface area contributed by atoms with E-state index in [0.29, 0.717) is 5.41 Å². The van der Waals surface area contributed by atoms with Crippen molar-refractivity contribution in [2.24, 2.45) is 28.1 Å². The first-order valence-electron chi connectivity index (χ1n) is 8.57. The molecule has 5 aliphatic rings. The molecule has 0 aromatic carbocycles. The summed E-state index contributed by atoms with van der Waals surface area (Å²) in [6.45, 7) is 7.30. The molecule has 5 saturated carbocycles. The molecule has 1 nitrogen and oxygen atoms in total. The van der Waals surface area contributed by atoms with Crippen LogP contribution < -0.4 is 0 Å². The minimum absolute atomic E-state index is 0.162. The summed E-state index contributed by atoms with van der Waals surface area (Å²) in [5, 5.41) is 11.9. The van der Waals surface area contributed by atoms with Gasteiger partial charge in [0.05, 0.1) is 5.60 Å². The van der Waals surface area contributed by atoms with Crippen LogP contribution in [0, 0.1) is 28.1 Å². The van der Waals surface area contributed by atoms with E-state index in [9.17, 15) is 5.11 Å². The third-order valence-corrected chi connectivity index (χ3v) is 8.86. The molecular weight excluding hydrogens is 232 g/mol. The van der Waals surface area contributed by atoms with E-state index in [-0.39, 0.29) is 16.4 Å². The van der Waals surface area contributed by atoms with E-state index in [4.69, 9.17) is 0 Å². The number of hydrogen-bond donors (Lipinski definition) is 1.